The topological polar surface area (TPSA) is 59.5 Å². The summed E-state index contributed by atoms with van der Waals surface area (Å²) in [7, 11) is 0. The molecule has 31 heavy (non-hydrogen) atoms. The Hall–Kier alpha value is -3.21. The van der Waals surface area contributed by atoms with Crippen LogP contribution in [0.4, 0.5) is 0 Å². The molecule has 0 N–H and O–H groups in total. The molecule has 0 bridgehead atoms. The van der Waals surface area contributed by atoms with Crippen molar-refractivity contribution in [1.82, 2.24) is 9.88 Å². The molecule has 1 aliphatic heterocycles. The molecule has 1 aliphatic carbocycles. The fraction of sp³-hybridized carbons (Fsp3) is 0.346. The molecule has 0 fully saturated rings. The average molecular weight is 415 g/mol. The molecule has 5 nitrogen and oxygen atoms in total. The number of amides is 1. The first-order chi connectivity index (χ1) is 15.1. The minimum Gasteiger partial charge on any atom is -0.452 e. The number of nitrogens with zero attached hydrogens (tertiary/aromatic N) is 2. The highest BCUT2D eigenvalue weighted by Crippen LogP contribution is 2.32. The van der Waals surface area contributed by atoms with Gasteiger partial charge in [0.05, 0.1) is 11.1 Å². The Morgan fingerprint density at radius 2 is 1.84 bits per heavy atom. The maximum absolute atomic E-state index is 13.2. The summed E-state index contributed by atoms with van der Waals surface area (Å²) in [5.41, 5.74) is 5.82. The third-order valence-corrected chi connectivity index (χ3v) is 6.52. The maximum atomic E-state index is 13.2. The molecule has 0 spiro atoms. The minimum atomic E-state index is -0.422. The number of para-hydroxylation sites is 1. The maximum Gasteiger partial charge on any atom is 0.339 e. The number of esters is 1. The Kier molecular flexibility index (Phi) is 5.18. The van der Waals surface area contributed by atoms with Crippen LogP contribution in [0.1, 0.15) is 46.1 Å². The van der Waals surface area contributed by atoms with Crippen molar-refractivity contribution in [1.29, 1.82) is 0 Å². The van der Waals surface area contributed by atoms with Crippen molar-refractivity contribution >= 4 is 22.8 Å². The number of rotatable bonds is 3. The lowest BCUT2D eigenvalue weighted by atomic mass is 9.84. The highest BCUT2D eigenvalue weighted by Gasteiger charge is 2.27. The predicted molar refractivity (Wildman–Crippen MR) is 119 cm³/mol. The largest absolute Gasteiger partial charge is 0.452 e. The number of carbonyl (C=O) groups is 2. The molecular weight excluding hydrogens is 388 g/mol. The second-order valence-corrected chi connectivity index (χ2v) is 8.69. The predicted octanol–water partition coefficient (Wildman–Crippen LogP) is 4.10. The fourth-order valence-electron chi connectivity index (χ4n) is 4.80. The average Bonchev–Trinajstić information content (AvgIpc) is 2.80. The lowest BCUT2D eigenvalue weighted by molar-refractivity contribution is -0.135. The number of aryl methyl sites for hydroxylation is 1. The van der Waals surface area contributed by atoms with Gasteiger partial charge in [0.2, 0.25) is 0 Å². The normalized spacial score (nSPS) is 17.7. The van der Waals surface area contributed by atoms with Gasteiger partial charge in [0.15, 0.2) is 6.61 Å². The van der Waals surface area contributed by atoms with Crippen LogP contribution in [0.3, 0.4) is 0 Å². The molecule has 1 amide bonds. The number of hydrogen-bond donors (Lipinski definition) is 0. The van der Waals surface area contributed by atoms with E-state index in [1.54, 1.807) is 4.90 Å². The van der Waals surface area contributed by atoms with Crippen LogP contribution >= 0.6 is 0 Å². The zero-order valence-electron chi connectivity index (χ0n) is 17.8. The van der Waals surface area contributed by atoms with E-state index in [0.29, 0.717) is 24.6 Å². The van der Waals surface area contributed by atoms with Crippen LogP contribution in [-0.4, -0.2) is 34.9 Å². The van der Waals surface area contributed by atoms with Crippen LogP contribution in [0, 0.1) is 5.92 Å². The first-order valence-corrected chi connectivity index (χ1v) is 11.0. The Morgan fingerprint density at radius 1 is 1.06 bits per heavy atom. The first kappa shape index (κ1) is 19.7. The molecule has 158 valence electrons. The molecule has 5 rings (SSSR count). The van der Waals surface area contributed by atoms with Crippen LogP contribution in [0.25, 0.3) is 10.9 Å². The molecule has 0 saturated heterocycles. The lowest BCUT2D eigenvalue weighted by Crippen LogP contribution is -2.38. The van der Waals surface area contributed by atoms with Crippen LogP contribution in [0.15, 0.2) is 48.5 Å². The summed E-state index contributed by atoms with van der Waals surface area (Å²) in [6, 6.07) is 15.9. The van der Waals surface area contributed by atoms with Gasteiger partial charge in [0, 0.05) is 24.2 Å². The van der Waals surface area contributed by atoms with Crippen molar-refractivity contribution < 1.29 is 14.3 Å². The van der Waals surface area contributed by atoms with Gasteiger partial charge in [-0.2, -0.15) is 0 Å². The van der Waals surface area contributed by atoms with E-state index >= 15 is 0 Å². The van der Waals surface area contributed by atoms with Gasteiger partial charge < -0.3 is 9.64 Å². The summed E-state index contributed by atoms with van der Waals surface area (Å²) in [6.07, 6.45) is 3.58. The highest BCUT2D eigenvalue weighted by molar-refractivity contribution is 6.05. The van der Waals surface area contributed by atoms with Crippen molar-refractivity contribution in [3.8, 4) is 0 Å². The molecule has 5 heteroatoms. The lowest BCUT2D eigenvalue weighted by Gasteiger charge is -2.29. The Bertz CT molecular complexity index is 1170. The van der Waals surface area contributed by atoms with Crippen LogP contribution < -0.4 is 0 Å². The summed E-state index contributed by atoms with van der Waals surface area (Å²) < 4.78 is 5.58. The van der Waals surface area contributed by atoms with Crippen molar-refractivity contribution in [2.75, 3.05) is 13.2 Å². The fourth-order valence-corrected chi connectivity index (χ4v) is 4.80. The summed E-state index contributed by atoms with van der Waals surface area (Å²) in [6.45, 7) is 3.18. The first-order valence-electron chi connectivity index (χ1n) is 11.0. The third kappa shape index (κ3) is 3.80. The van der Waals surface area contributed by atoms with Crippen molar-refractivity contribution in [2.45, 2.75) is 39.2 Å². The molecule has 1 atom stereocenters. The van der Waals surface area contributed by atoms with Gasteiger partial charge >= 0.3 is 5.97 Å². The van der Waals surface area contributed by atoms with E-state index in [0.717, 1.165) is 53.4 Å². The Labute approximate surface area is 182 Å². The monoisotopic (exact) mass is 414 g/mol. The number of ether oxygens (including phenoxy) is 1. The Morgan fingerprint density at radius 3 is 2.71 bits per heavy atom. The van der Waals surface area contributed by atoms with E-state index in [9.17, 15) is 9.59 Å². The number of benzene rings is 2. The van der Waals surface area contributed by atoms with Crippen molar-refractivity contribution in [3.05, 3.63) is 76.5 Å². The third-order valence-electron chi connectivity index (χ3n) is 6.52. The van der Waals surface area contributed by atoms with Gasteiger partial charge in [0.1, 0.15) is 0 Å². The second-order valence-electron chi connectivity index (χ2n) is 8.69. The number of fused-ring (bicyclic) bond motifs is 3. The minimum absolute atomic E-state index is 0.150. The summed E-state index contributed by atoms with van der Waals surface area (Å²) in [4.78, 5) is 32.6. The zero-order chi connectivity index (χ0) is 21.4. The van der Waals surface area contributed by atoms with Gasteiger partial charge in [-0.05, 0) is 54.4 Å². The van der Waals surface area contributed by atoms with Crippen LogP contribution in [-0.2, 0) is 35.3 Å². The Balaban J connectivity index is 1.36. The molecule has 2 aliphatic rings. The van der Waals surface area contributed by atoms with Crippen molar-refractivity contribution in [3.63, 3.8) is 0 Å². The summed E-state index contributed by atoms with van der Waals surface area (Å²) in [5.74, 6) is -0.0739. The zero-order valence-corrected chi connectivity index (χ0v) is 17.8. The SMILES string of the molecule is C[C@@H]1CCc2nc3ccccc3c(C(=O)OCC(=O)N3CCc4ccccc4C3)c2C1. The van der Waals surface area contributed by atoms with Gasteiger partial charge in [0.25, 0.3) is 5.91 Å². The smallest absolute Gasteiger partial charge is 0.339 e. The number of hydrogen-bond acceptors (Lipinski definition) is 4. The van der Waals surface area contributed by atoms with Gasteiger partial charge in [-0.3, -0.25) is 9.78 Å². The number of pyridine rings is 1. The van der Waals surface area contributed by atoms with E-state index in [1.165, 1.54) is 5.56 Å². The molecule has 0 unspecified atom stereocenters. The van der Waals surface area contributed by atoms with E-state index in [1.807, 2.05) is 36.4 Å². The van der Waals surface area contributed by atoms with Crippen LogP contribution in [0.2, 0.25) is 0 Å². The van der Waals surface area contributed by atoms with E-state index in [-0.39, 0.29) is 12.5 Å². The second kappa shape index (κ2) is 8.14. The molecule has 2 aromatic carbocycles. The van der Waals surface area contributed by atoms with Crippen LogP contribution in [0.5, 0.6) is 0 Å². The number of carbonyl (C=O) groups excluding carboxylic acids is 2. The molecular formula is C26H26N2O3. The molecule has 0 saturated carbocycles. The molecule has 2 heterocycles. The number of aromatic nitrogens is 1. The quantitative estimate of drug-likeness (QED) is 0.606. The molecule has 3 aromatic rings. The van der Waals surface area contributed by atoms with Crippen molar-refractivity contribution in [2.24, 2.45) is 5.92 Å². The van der Waals surface area contributed by atoms with Gasteiger partial charge in [-0.25, -0.2) is 4.79 Å². The highest BCUT2D eigenvalue weighted by atomic mass is 16.5. The van der Waals surface area contributed by atoms with E-state index in [4.69, 9.17) is 9.72 Å². The molecule has 0 radical (unpaired) electrons. The molecule has 1 aromatic heterocycles. The van der Waals surface area contributed by atoms with Gasteiger partial charge in [-0.1, -0.05) is 49.4 Å². The van der Waals surface area contributed by atoms with E-state index < -0.39 is 5.97 Å². The summed E-state index contributed by atoms with van der Waals surface area (Å²) >= 11 is 0. The standard InChI is InChI=1S/C26H26N2O3/c1-17-10-11-23-21(14-17)25(20-8-4-5-9-22(20)27-23)26(30)31-16-24(29)28-13-12-18-6-2-3-7-19(18)15-28/h2-9,17H,10-16H2,1H3/t17-/m1/s1. The van der Waals surface area contributed by atoms with E-state index in [2.05, 4.69) is 19.1 Å². The van der Waals surface area contributed by atoms with Gasteiger partial charge in [-0.15, -0.1) is 0 Å². The summed E-state index contributed by atoms with van der Waals surface area (Å²) in [5, 5.41) is 0.805.